The van der Waals surface area contributed by atoms with Crippen molar-refractivity contribution >= 4 is 34.5 Å². The van der Waals surface area contributed by atoms with Crippen LogP contribution in [0.15, 0.2) is 18.2 Å². The monoisotopic (exact) mass is 328 g/mol. The zero-order valence-electron chi connectivity index (χ0n) is 11.2. The van der Waals surface area contributed by atoms with Crippen molar-refractivity contribution in [3.05, 3.63) is 55.5 Å². The van der Waals surface area contributed by atoms with E-state index in [1.807, 2.05) is 0 Å². The van der Waals surface area contributed by atoms with Gasteiger partial charge in [0, 0.05) is 14.8 Å². The highest BCUT2D eigenvalue weighted by atomic mass is 35.5. The van der Waals surface area contributed by atoms with Gasteiger partial charge in [-0.25, -0.2) is 4.39 Å². The second kappa shape index (κ2) is 5.67. The van der Waals surface area contributed by atoms with E-state index in [2.05, 4.69) is 6.07 Å². The van der Waals surface area contributed by atoms with Gasteiger partial charge in [0.15, 0.2) is 0 Å². The Morgan fingerprint density at radius 3 is 2.70 bits per heavy atom. The first-order valence-corrected chi connectivity index (χ1v) is 8.40. The number of hydrogen-bond donors (Lipinski definition) is 0. The molecule has 1 aromatic carbocycles. The van der Waals surface area contributed by atoms with E-state index in [4.69, 9.17) is 23.2 Å². The lowest BCUT2D eigenvalue weighted by molar-refractivity contribution is 0.618. The first-order chi connectivity index (χ1) is 9.56. The van der Waals surface area contributed by atoms with Gasteiger partial charge in [0.05, 0.1) is 5.38 Å². The van der Waals surface area contributed by atoms with Crippen LogP contribution < -0.4 is 0 Å². The molecular formula is C16H15Cl2FS. The molecule has 2 aromatic rings. The second-order valence-corrected chi connectivity index (χ2v) is 7.30. The lowest BCUT2D eigenvalue weighted by Gasteiger charge is -2.11. The third kappa shape index (κ3) is 2.61. The maximum Gasteiger partial charge on any atom is 0.127 e. The largest absolute Gasteiger partial charge is 0.207 e. The summed E-state index contributed by atoms with van der Waals surface area (Å²) in [4.78, 5) is 2.57. The summed E-state index contributed by atoms with van der Waals surface area (Å²) in [6, 6.07) is 5.31. The van der Waals surface area contributed by atoms with Crippen LogP contribution in [-0.2, 0) is 12.8 Å². The smallest absolute Gasteiger partial charge is 0.127 e. The summed E-state index contributed by atoms with van der Waals surface area (Å²) in [5.74, 6) is -0.284. The summed E-state index contributed by atoms with van der Waals surface area (Å²) < 4.78 is 13.5. The molecule has 1 aliphatic rings. The maximum absolute atomic E-state index is 13.5. The van der Waals surface area contributed by atoms with Crippen LogP contribution in [0.5, 0.6) is 0 Å². The molecule has 0 amide bonds. The highest BCUT2D eigenvalue weighted by molar-refractivity contribution is 7.12. The Morgan fingerprint density at radius 1 is 1.20 bits per heavy atom. The van der Waals surface area contributed by atoms with Crippen LogP contribution in [0, 0.1) is 12.7 Å². The van der Waals surface area contributed by atoms with Gasteiger partial charge in [0.25, 0.3) is 0 Å². The fourth-order valence-corrected chi connectivity index (χ4v) is 4.61. The van der Waals surface area contributed by atoms with Gasteiger partial charge in [-0.15, -0.1) is 22.9 Å². The predicted octanol–water partition coefficient (Wildman–Crippen LogP) is 6.06. The van der Waals surface area contributed by atoms with Gasteiger partial charge in [-0.1, -0.05) is 11.6 Å². The normalized spacial score (nSPS) is 16.0. The molecule has 3 rings (SSSR count). The maximum atomic E-state index is 13.5. The number of alkyl halides is 1. The molecule has 0 aliphatic heterocycles. The van der Waals surface area contributed by atoms with Gasteiger partial charge < -0.3 is 0 Å². The number of benzene rings is 1. The van der Waals surface area contributed by atoms with E-state index in [-0.39, 0.29) is 11.2 Å². The molecule has 1 atom stereocenters. The third-order valence-corrected chi connectivity index (χ3v) is 6.05. The van der Waals surface area contributed by atoms with Crippen molar-refractivity contribution in [2.75, 3.05) is 0 Å². The minimum atomic E-state index is -0.294. The van der Waals surface area contributed by atoms with Crippen molar-refractivity contribution in [1.29, 1.82) is 0 Å². The third-order valence-electron chi connectivity index (χ3n) is 3.82. The average Bonchev–Trinajstić information content (AvgIpc) is 2.86. The van der Waals surface area contributed by atoms with Crippen molar-refractivity contribution in [2.45, 2.75) is 38.0 Å². The number of aryl methyl sites for hydroxylation is 3. The molecule has 1 unspecified atom stereocenters. The lowest BCUT2D eigenvalue weighted by Crippen LogP contribution is -1.96. The zero-order chi connectivity index (χ0) is 14.3. The fraction of sp³-hybridized carbons (Fsp3) is 0.375. The van der Waals surface area contributed by atoms with Gasteiger partial charge in [0.1, 0.15) is 5.82 Å². The number of hydrogen-bond acceptors (Lipinski definition) is 1. The Morgan fingerprint density at radius 2 is 1.95 bits per heavy atom. The topological polar surface area (TPSA) is 0 Å². The molecule has 106 valence electrons. The van der Waals surface area contributed by atoms with Crippen molar-refractivity contribution in [2.24, 2.45) is 0 Å². The lowest BCUT2D eigenvalue weighted by atomic mass is 9.98. The molecule has 0 bridgehead atoms. The van der Waals surface area contributed by atoms with Crippen LogP contribution in [0.2, 0.25) is 5.02 Å². The molecule has 4 heteroatoms. The van der Waals surface area contributed by atoms with Gasteiger partial charge in [-0.3, -0.25) is 0 Å². The van der Waals surface area contributed by atoms with E-state index in [1.54, 1.807) is 24.3 Å². The summed E-state index contributed by atoms with van der Waals surface area (Å²) in [6.07, 6.45) is 4.81. The van der Waals surface area contributed by atoms with Crippen LogP contribution in [0.1, 0.15) is 44.7 Å². The first kappa shape index (κ1) is 14.4. The van der Waals surface area contributed by atoms with Crippen molar-refractivity contribution in [1.82, 2.24) is 0 Å². The second-order valence-electron chi connectivity index (χ2n) is 5.29. The summed E-state index contributed by atoms with van der Waals surface area (Å²) in [5.41, 5.74) is 2.80. The molecular weight excluding hydrogens is 314 g/mol. The Hall–Kier alpha value is -0.570. The van der Waals surface area contributed by atoms with Crippen LogP contribution >= 0.6 is 34.5 Å². The van der Waals surface area contributed by atoms with Crippen molar-refractivity contribution in [3.63, 3.8) is 0 Å². The highest BCUT2D eigenvalue weighted by Crippen LogP contribution is 2.41. The molecule has 0 fully saturated rings. The predicted molar refractivity (Wildman–Crippen MR) is 84.8 cm³/mol. The van der Waals surface area contributed by atoms with Gasteiger partial charge >= 0.3 is 0 Å². The van der Waals surface area contributed by atoms with Gasteiger partial charge in [0.2, 0.25) is 0 Å². The van der Waals surface area contributed by atoms with Crippen molar-refractivity contribution in [3.8, 4) is 0 Å². The molecule has 0 saturated carbocycles. The summed E-state index contributed by atoms with van der Waals surface area (Å²) in [6.45, 7) is 1.73. The Bertz CT molecular complexity index is 625. The number of thiophene rings is 1. The molecule has 0 saturated heterocycles. The highest BCUT2D eigenvalue weighted by Gasteiger charge is 2.21. The Balaban J connectivity index is 1.98. The van der Waals surface area contributed by atoms with E-state index in [0.29, 0.717) is 10.6 Å². The molecule has 0 spiro atoms. The quantitative estimate of drug-likeness (QED) is 0.588. The van der Waals surface area contributed by atoms with Crippen molar-refractivity contribution < 1.29 is 4.39 Å². The SMILES string of the molecule is Cc1cc(C(Cl)c2cc3c(s2)CCCC3)c(Cl)cc1F. The van der Waals surface area contributed by atoms with Crippen LogP contribution in [0.25, 0.3) is 0 Å². The first-order valence-electron chi connectivity index (χ1n) is 6.77. The van der Waals surface area contributed by atoms with E-state index < -0.39 is 0 Å². The van der Waals surface area contributed by atoms with E-state index in [1.165, 1.54) is 29.3 Å². The Labute approximate surface area is 132 Å². The van der Waals surface area contributed by atoms with Gasteiger partial charge in [-0.2, -0.15) is 0 Å². The van der Waals surface area contributed by atoms with E-state index >= 15 is 0 Å². The van der Waals surface area contributed by atoms with Crippen LogP contribution in [0.4, 0.5) is 4.39 Å². The number of fused-ring (bicyclic) bond motifs is 1. The molecule has 0 N–H and O–H groups in total. The molecule has 20 heavy (non-hydrogen) atoms. The van der Waals surface area contributed by atoms with E-state index in [0.717, 1.165) is 23.3 Å². The Kier molecular flexibility index (Phi) is 4.07. The minimum absolute atomic E-state index is 0.284. The van der Waals surface area contributed by atoms with Gasteiger partial charge in [-0.05, 0) is 67.5 Å². The number of halogens is 3. The standard InChI is InChI=1S/C16H15Cl2FS/c1-9-6-11(12(17)8-13(9)19)16(18)15-7-10-4-2-3-5-14(10)20-15/h6-8,16H,2-5H2,1H3. The fourth-order valence-electron chi connectivity index (χ4n) is 2.67. The number of rotatable bonds is 2. The molecule has 1 aromatic heterocycles. The molecule has 0 radical (unpaired) electrons. The van der Waals surface area contributed by atoms with Crippen LogP contribution in [-0.4, -0.2) is 0 Å². The summed E-state index contributed by atoms with van der Waals surface area (Å²) in [7, 11) is 0. The molecule has 1 aliphatic carbocycles. The molecule has 1 heterocycles. The zero-order valence-corrected chi connectivity index (χ0v) is 13.5. The van der Waals surface area contributed by atoms with Crippen LogP contribution in [0.3, 0.4) is 0 Å². The summed E-state index contributed by atoms with van der Waals surface area (Å²) in [5, 5.41) is 0.108. The summed E-state index contributed by atoms with van der Waals surface area (Å²) >= 11 is 14.5. The van der Waals surface area contributed by atoms with E-state index in [9.17, 15) is 4.39 Å². The molecule has 0 nitrogen and oxygen atoms in total. The minimum Gasteiger partial charge on any atom is -0.207 e. The average molecular weight is 329 g/mol.